The summed E-state index contributed by atoms with van der Waals surface area (Å²) in [6.07, 6.45) is 0. The van der Waals surface area contributed by atoms with E-state index in [2.05, 4.69) is 15.5 Å². The molecular weight excluding hydrogens is 282 g/mol. The molecule has 1 amide bonds. The van der Waals surface area contributed by atoms with Gasteiger partial charge in [0.05, 0.1) is 16.6 Å². The van der Waals surface area contributed by atoms with Crippen molar-refractivity contribution in [1.29, 1.82) is 0 Å². The maximum Gasteiger partial charge on any atom is 0.272 e. The molecule has 0 aliphatic rings. The lowest BCUT2D eigenvalue weighted by Gasteiger charge is -2.12. The fourth-order valence-corrected chi connectivity index (χ4v) is 2.78. The van der Waals surface area contributed by atoms with Gasteiger partial charge < -0.3 is 5.32 Å². The van der Waals surface area contributed by atoms with Crippen molar-refractivity contribution in [2.24, 2.45) is 0 Å². The molecule has 0 aliphatic heterocycles. The molecule has 3 aromatic rings. The molecule has 0 bridgehead atoms. The Bertz CT molecular complexity index is 719. The summed E-state index contributed by atoms with van der Waals surface area (Å²) in [7, 11) is 0. The average molecular weight is 297 g/mol. The molecule has 0 fully saturated rings. The molecule has 0 saturated carbocycles. The van der Waals surface area contributed by atoms with Crippen molar-refractivity contribution >= 4 is 17.2 Å². The second-order valence-electron chi connectivity index (χ2n) is 4.75. The van der Waals surface area contributed by atoms with Crippen molar-refractivity contribution in [3.63, 3.8) is 0 Å². The number of H-pyrrole nitrogens is 1. The number of aromatic amines is 1. The minimum atomic E-state index is -0.176. The van der Waals surface area contributed by atoms with Crippen molar-refractivity contribution in [1.82, 2.24) is 15.5 Å². The normalized spacial score (nSPS) is 12.0. The number of nitrogens with zero attached hydrogens (tertiary/aromatic N) is 1. The fourth-order valence-electron chi connectivity index (χ4n) is 2.09. The summed E-state index contributed by atoms with van der Waals surface area (Å²) in [6.45, 7) is 1.96. The number of nitrogens with one attached hydrogen (secondary N) is 2. The Morgan fingerprint density at radius 3 is 2.76 bits per heavy atom. The van der Waals surface area contributed by atoms with Crippen LogP contribution in [0.1, 0.15) is 29.0 Å². The van der Waals surface area contributed by atoms with Crippen molar-refractivity contribution < 1.29 is 4.79 Å². The Morgan fingerprint density at radius 2 is 2.05 bits per heavy atom. The van der Waals surface area contributed by atoms with Gasteiger partial charge in [0, 0.05) is 0 Å². The van der Waals surface area contributed by atoms with Crippen molar-refractivity contribution in [2.45, 2.75) is 13.0 Å². The fraction of sp³-hybridized carbons (Fsp3) is 0.125. The van der Waals surface area contributed by atoms with Crippen LogP contribution in [0.5, 0.6) is 0 Å². The van der Waals surface area contributed by atoms with Crippen LogP contribution in [-0.2, 0) is 0 Å². The molecule has 106 valence electrons. The maximum atomic E-state index is 12.2. The highest BCUT2D eigenvalue weighted by molar-refractivity contribution is 7.13. The molecule has 2 aromatic heterocycles. The number of amides is 1. The van der Waals surface area contributed by atoms with E-state index in [0.29, 0.717) is 5.69 Å². The lowest BCUT2D eigenvalue weighted by Crippen LogP contribution is -2.26. The third-order valence-electron chi connectivity index (χ3n) is 3.24. The Hall–Kier alpha value is -2.40. The molecule has 4 nitrogen and oxygen atoms in total. The third kappa shape index (κ3) is 3.03. The molecule has 0 aliphatic carbocycles. The first-order chi connectivity index (χ1) is 10.2. The highest BCUT2D eigenvalue weighted by Crippen LogP contribution is 2.23. The summed E-state index contributed by atoms with van der Waals surface area (Å²) in [5.41, 5.74) is 2.34. The molecule has 0 radical (unpaired) electrons. The number of thiophene rings is 1. The zero-order valence-corrected chi connectivity index (χ0v) is 12.4. The molecule has 1 aromatic carbocycles. The van der Waals surface area contributed by atoms with E-state index in [4.69, 9.17) is 0 Å². The largest absolute Gasteiger partial charge is 0.344 e. The quantitative estimate of drug-likeness (QED) is 0.772. The van der Waals surface area contributed by atoms with Crippen molar-refractivity contribution in [3.05, 3.63) is 65.2 Å². The smallest absolute Gasteiger partial charge is 0.272 e. The lowest BCUT2D eigenvalue weighted by atomic mass is 10.1. The lowest BCUT2D eigenvalue weighted by molar-refractivity contribution is 0.0935. The summed E-state index contributed by atoms with van der Waals surface area (Å²) in [5.74, 6) is -0.176. The van der Waals surface area contributed by atoms with Crippen molar-refractivity contribution in [3.8, 4) is 10.6 Å². The van der Waals surface area contributed by atoms with Gasteiger partial charge in [-0.05, 0) is 30.0 Å². The van der Waals surface area contributed by atoms with E-state index in [-0.39, 0.29) is 11.9 Å². The molecule has 2 heterocycles. The second-order valence-corrected chi connectivity index (χ2v) is 5.70. The van der Waals surface area contributed by atoms with Gasteiger partial charge in [-0.3, -0.25) is 9.89 Å². The van der Waals surface area contributed by atoms with Crippen LogP contribution in [-0.4, -0.2) is 16.1 Å². The van der Waals surface area contributed by atoms with Crippen LogP contribution in [0, 0.1) is 0 Å². The van der Waals surface area contributed by atoms with E-state index in [1.165, 1.54) is 0 Å². The first-order valence-corrected chi connectivity index (χ1v) is 7.57. The van der Waals surface area contributed by atoms with Gasteiger partial charge in [-0.15, -0.1) is 11.3 Å². The summed E-state index contributed by atoms with van der Waals surface area (Å²) < 4.78 is 0. The minimum Gasteiger partial charge on any atom is -0.344 e. The number of carbonyl (C=O) groups is 1. The van der Waals surface area contributed by atoms with Gasteiger partial charge >= 0.3 is 0 Å². The molecule has 0 spiro atoms. The number of hydrogen-bond acceptors (Lipinski definition) is 3. The van der Waals surface area contributed by atoms with Gasteiger partial charge in [-0.25, -0.2) is 0 Å². The van der Waals surface area contributed by atoms with Gasteiger partial charge in [-0.1, -0.05) is 36.4 Å². The van der Waals surface area contributed by atoms with Gasteiger partial charge in [0.2, 0.25) is 0 Å². The van der Waals surface area contributed by atoms with E-state index in [9.17, 15) is 4.79 Å². The van der Waals surface area contributed by atoms with Gasteiger partial charge in [0.1, 0.15) is 0 Å². The average Bonchev–Trinajstić information content (AvgIpc) is 3.19. The van der Waals surface area contributed by atoms with Crippen LogP contribution in [0.25, 0.3) is 10.6 Å². The van der Waals surface area contributed by atoms with Crippen LogP contribution in [0.15, 0.2) is 53.9 Å². The monoisotopic (exact) mass is 297 g/mol. The van der Waals surface area contributed by atoms with Crippen LogP contribution in [0.3, 0.4) is 0 Å². The SMILES string of the molecule is CC(NC(=O)c1cc(-c2cccs2)[nH]n1)c1ccccc1. The standard InChI is InChI=1S/C16H15N3OS/c1-11(12-6-3-2-4-7-12)17-16(20)14-10-13(18-19-14)15-8-5-9-21-15/h2-11H,1H3,(H,17,20)(H,18,19). The van der Waals surface area contributed by atoms with Gasteiger partial charge in [0.15, 0.2) is 5.69 Å². The zero-order valence-electron chi connectivity index (χ0n) is 11.5. The summed E-state index contributed by atoms with van der Waals surface area (Å²) in [5, 5.41) is 11.9. The summed E-state index contributed by atoms with van der Waals surface area (Å²) in [6, 6.07) is 15.5. The van der Waals surface area contributed by atoms with Crippen LogP contribution >= 0.6 is 11.3 Å². The number of carbonyl (C=O) groups excluding carboxylic acids is 1. The van der Waals surface area contributed by atoms with Gasteiger partial charge in [0.25, 0.3) is 5.91 Å². The molecule has 21 heavy (non-hydrogen) atoms. The highest BCUT2D eigenvalue weighted by Gasteiger charge is 2.15. The first kappa shape index (κ1) is 13.6. The third-order valence-corrected chi connectivity index (χ3v) is 4.15. The topological polar surface area (TPSA) is 57.8 Å². The van der Waals surface area contributed by atoms with Crippen LogP contribution < -0.4 is 5.32 Å². The van der Waals surface area contributed by atoms with E-state index in [1.54, 1.807) is 17.4 Å². The highest BCUT2D eigenvalue weighted by atomic mass is 32.1. The second kappa shape index (κ2) is 5.93. The zero-order chi connectivity index (χ0) is 14.7. The molecular formula is C16H15N3OS. The predicted molar refractivity (Wildman–Crippen MR) is 84.2 cm³/mol. The summed E-state index contributed by atoms with van der Waals surface area (Å²) >= 11 is 1.61. The molecule has 3 rings (SSSR count). The molecule has 1 atom stereocenters. The Labute approximate surface area is 126 Å². The Morgan fingerprint density at radius 1 is 1.24 bits per heavy atom. The maximum absolute atomic E-state index is 12.2. The Kier molecular flexibility index (Phi) is 3.83. The summed E-state index contributed by atoms with van der Waals surface area (Å²) in [4.78, 5) is 13.3. The first-order valence-electron chi connectivity index (χ1n) is 6.69. The number of benzene rings is 1. The van der Waals surface area contributed by atoms with E-state index in [1.807, 2.05) is 54.8 Å². The van der Waals surface area contributed by atoms with Gasteiger partial charge in [-0.2, -0.15) is 5.10 Å². The molecule has 0 saturated heterocycles. The molecule has 2 N–H and O–H groups in total. The van der Waals surface area contributed by atoms with E-state index < -0.39 is 0 Å². The predicted octanol–water partition coefficient (Wildman–Crippen LogP) is 3.63. The van der Waals surface area contributed by atoms with E-state index >= 15 is 0 Å². The number of rotatable bonds is 4. The van der Waals surface area contributed by atoms with Crippen molar-refractivity contribution in [2.75, 3.05) is 0 Å². The number of hydrogen-bond donors (Lipinski definition) is 2. The van der Waals surface area contributed by atoms with Crippen LogP contribution in [0.2, 0.25) is 0 Å². The molecule has 1 unspecified atom stereocenters. The minimum absolute atomic E-state index is 0.0550. The Balaban J connectivity index is 1.71. The van der Waals surface area contributed by atoms with Crippen LogP contribution in [0.4, 0.5) is 0 Å². The number of aromatic nitrogens is 2. The van der Waals surface area contributed by atoms with E-state index in [0.717, 1.165) is 16.1 Å². The molecule has 5 heteroatoms.